The van der Waals surface area contributed by atoms with Crippen LogP contribution in [0.5, 0.6) is 0 Å². The van der Waals surface area contributed by atoms with Gasteiger partial charge in [-0.3, -0.25) is 0 Å². The van der Waals surface area contributed by atoms with Crippen LogP contribution in [0.25, 0.3) is 0 Å². The maximum absolute atomic E-state index is 2.62. The summed E-state index contributed by atoms with van der Waals surface area (Å²) in [5.41, 5.74) is 0. The van der Waals surface area contributed by atoms with Crippen molar-refractivity contribution in [2.75, 3.05) is 0 Å². The molecule has 0 aliphatic rings. The maximum atomic E-state index is 2.62. The quantitative estimate of drug-likeness (QED) is 0.0613. The minimum atomic E-state index is 1.22. The summed E-state index contributed by atoms with van der Waals surface area (Å²) in [6, 6.07) is 0. The van der Waals surface area contributed by atoms with E-state index >= 15 is 0 Å². The lowest BCUT2D eigenvalue weighted by atomic mass is 10.0. The molecule has 236 valence electrons. The van der Waals surface area contributed by atoms with Crippen molar-refractivity contribution in [3.8, 4) is 0 Å². The van der Waals surface area contributed by atoms with Gasteiger partial charge in [-0.1, -0.05) is 175 Å². The van der Waals surface area contributed by atoms with E-state index in [4.69, 9.17) is 0 Å². The van der Waals surface area contributed by atoms with Gasteiger partial charge >= 0.3 is 0 Å². The Labute approximate surface area is 253 Å². The van der Waals surface area contributed by atoms with Crippen molar-refractivity contribution in [3.05, 3.63) is 18.2 Å². The highest BCUT2D eigenvalue weighted by molar-refractivity contribution is 4.84. The Morgan fingerprint density at radius 2 is 0.775 bits per heavy atom. The summed E-state index contributed by atoms with van der Waals surface area (Å²) in [5, 5.41) is 0. The summed E-state index contributed by atoms with van der Waals surface area (Å²) >= 11 is 0. The van der Waals surface area contributed by atoms with Gasteiger partial charge < -0.3 is 0 Å². The molecule has 0 N–H and O–H groups in total. The molecule has 1 aromatic heterocycles. The Kier molecular flexibility index (Phi) is 27.6. The molecule has 0 aliphatic heterocycles. The van der Waals surface area contributed by atoms with Gasteiger partial charge in [-0.05, 0) is 32.1 Å². The van der Waals surface area contributed by atoms with E-state index in [-0.39, 0.29) is 0 Å². The molecule has 0 aliphatic carbocycles. The summed E-state index contributed by atoms with van der Waals surface area (Å²) < 4.78 is 5.24. The Bertz CT molecular complexity index is 619. The lowest BCUT2D eigenvalue weighted by molar-refractivity contribution is -0.704. The van der Waals surface area contributed by atoms with Gasteiger partial charge in [-0.15, -0.1) is 0 Å². The van der Waals surface area contributed by atoms with Gasteiger partial charge in [0.05, 0.1) is 13.1 Å². The van der Waals surface area contributed by atoms with Gasteiger partial charge in [0.2, 0.25) is 0 Å². The van der Waals surface area contributed by atoms with Crippen LogP contribution in [0, 0.1) is 0 Å². The van der Waals surface area contributed by atoms with E-state index in [9.17, 15) is 0 Å². The highest BCUT2D eigenvalue weighted by Crippen LogP contribution is 2.15. The Balaban J connectivity index is 2.23. The van der Waals surface area contributed by atoms with Crippen LogP contribution in [0.3, 0.4) is 0 Å². The first-order valence-electron chi connectivity index (χ1n) is 18.9. The molecule has 1 heterocycles. The van der Waals surface area contributed by atoms with E-state index < -0.39 is 0 Å². The lowest BCUT2D eigenvalue weighted by Crippen LogP contribution is -2.37. The number of imidazole rings is 1. The van der Waals surface area contributed by atoms with E-state index in [0.717, 1.165) is 0 Å². The first-order chi connectivity index (χ1) is 19.8. The highest BCUT2D eigenvalue weighted by atomic mass is 15.1. The zero-order valence-electron chi connectivity index (χ0n) is 28.2. The van der Waals surface area contributed by atoms with Gasteiger partial charge in [-0.2, -0.15) is 0 Å². The van der Waals surface area contributed by atoms with Gasteiger partial charge in [-0.25, -0.2) is 9.13 Å². The predicted octanol–water partition coefficient (Wildman–Crippen LogP) is 12.7. The second kappa shape index (κ2) is 29.7. The van der Waals surface area contributed by atoms with Gasteiger partial charge in [0.25, 0.3) is 5.82 Å². The molecule has 0 spiro atoms. The van der Waals surface area contributed by atoms with Crippen molar-refractivity contribution < 1.29 is 4.57 Å². The molecule has 2 heteroatoms. The molecule has 0 atom stereocenters. The topological polar surface area (TPSA) is 8.81 Å². The molecule has 0 unspecified atom stereocenters. The number of hydrogen-bond donors (Lipinski definition) is 0. The zero-order chi connectivity index (χ0) is 28.8. The number of nitrogens with zero attached hydrogens (tertiary/aromatic N) is 2. The molecule has 0 amide bonds. The van der Waals surface area contributed by atoms with Crippen molar-refractivity contribution in [2.24, 2.45) is 0 Å². The summed E-state index contributed by atoms with van der Waals surface area (Å²) in [7, 11) is 0. The number of hydrogen-bond acceptors (Lipinski definition) is 0. The van der Waals surface area contributed by atoms with Crippen LogP contribution < -0.4 is 4.57 Å². The van der Waals surface area contributed by atoms with E-state index in [1.165, 1.54) is 206 Å². The largest absolute Gasteiger partial charge is 0.256 e. The molecule has 0 saturated heterocycles. The van der Waals surface area contributed by atoms with Gasteiger partial charge in [0.1, 0.15) is 12.4 Å². The average molecular weight is 560 g/mol. The fourth-order valence-electron chi connectivity index (χ4n) is 6.33. The fourth-order valence-corrected chi connectivity index (χ4v) is 6.33. The van der Waals surface area contributed by atoms with Crippen LogP contribution in [0.1, 0.15) is 213 Å². The second-order valence-corrected chi connectivity index (χ2v) is 13.0. The van der Waals surface area contributed by atoms with Crippen LogP contribution in [-0.4, -0.2) is 4.57 Å². The van der Waals surface area contributed by atoms with E-state index in [1.54, 1.807) is 5.82 Å². The lowest BCUT2D eigenvalue weighted by Gasteiger charge is -2.07. The van der Waals surface area contributed by atoms with Gasteiger partial charge in [0.15, 0.2) is 0 Å². The second-order valence-electron chi connectivity index (χ2n) is 13.0. The molecule has 2 nitrogen and oxygen atoms in total. The first-order valence-corrected chi connectivity index (χ1v) is 18.9. The normalized spacial score (nSPS) is 11.6. The van der Waals surface area contributed by atoms with Crippen LogP contribution in [-0.2, 0) is 19.5 Å². The number of aryl methyl sites for hydroxylation is 2. The molecule has 1 aromatic rings. The van der Waals surface area contributed by atoms with Crippen LogP contribution in [0.4, 0.5) is 0 Å². The minimum absolute atomic E-state index is 1.22. The molecule has 40 heavy (non-hydrogen) atoms. The van der Waals surface area contributed by atoms with Crippen molar-refractivity contribution in [2.45, 2.75) is 226 Å². The van der Waals surface area contributed by atoms with Crippen LogP contribution in [0.15, 0.2) is 12.4 Å². The summed E-state index contributed by atoms with van der Waals surface area (Å²) in [6.07, 6.45) is 47.4. The molecule has 0 fully saturated rings. The van der Waals surface area contributed by atoms with Crippen LogP contribution in [0.2, 0.25) is 0 Å². The third-order valence-electron chi connectivity index (χ3n) is 9.10. The summed E-state index contributed by atoms with van der Waals surface area (Å²) in [5.74, 6) is 1.62. The number of rotatable bonds is 32. The molecule has 0 saturated carbocycles. The van der Waals surface area contributed by atoms with Crippen molar-refractivity contribution in [3.63, 3.8) is 0 Å². The van der Waals surface area contributed by atoms with E-state index in [2.05, 4.69) is 42.3 Å². The highest BCUT2D eigenvalue weighted by Gasteiger charge is 2.16. The molecular weight excluding hydrogens is 484 g/mol. The van der Waals surface area contributed by atoms with Crippen molar-refractivity contribution >= 4 is 0 Å². The van der Waals surface area contributed by atoms with Crippen molar-refractivity contribution in [1.29, 1.82) is 0 Å². The summed E-state index contributed by atoms with van der Waals surface area (Å²) in [6.45, 7) is 9.39. The zero-order valence-corrected chi connectivity index (χ0v) is 28.2. The van der Waals surface area contributed by atoms with E-state index in [1.807, 2.05) is 0 Å². The smallest absolute Gasteiger partial charge is 0.234 e. The molecule has 0 radical (unpaired) electrons. The maximum Gasteiger partial charge on any atom is 0.256 e. The molecule has 0 aromatic carbocycles. The molecule has 1 rings (SSSR count). The SMILES string of the molecule is CCCCCCCCCCCCCCCCc1n(CCCCCCCCCCCC)cc[n+]1CCCCCCC. The molecule has 0 bridgehead atoms. The minimum Gasteiger partial charge on any atom is -0.234 e. The third kappa shape index (κ3) is 21.9. The summed E-state index contributed by atoms with van der Waals surface area (Å²) in [4.78, 5) is 0. The van der Waals surface area contributed by atoms with Crippen molar-refractivity contribution in [1.82, 2.24) is 4.57 Å². The monoisotopic (exact) mass is 560 g/mol. The Morgan fingerprint density at radius 3 is 1.20 bits per heavy atom. The Hall–Kier alpha value is -0.790. The first kappa shape index (κ1) is 37.2. The van der Waals surface area contributed by atoms with Gasteiger partial charge in [0, 0.05) is 6.42 Å². The van der Waals surface area contributed by atoms with Crippen LogP contribution >= 0.6 is 0 Å². The predicted molar refractivity (Wildman–Crippen MR) is 179 cm³/mol. The molecular formula is C38H75N2+. The Morgan fingerprint density at radius 1 is 0.425 bits per heavy atom. The number of aromatic nitrogens is 2. The number of unbranched alkanes of at least 4 members (excludes halogenated alkanes) is 26. The standard InChI is InChI=1S/C38H75N2/c1-4-7-10-13-15-17-19-20-21-22-23-25-27-30-33-38-39(34-31-28-12-9-6-3)36-37-40(38)35-32-29-26-24-18-16-14-11-8-5-2/h36-37H,4-35H2,1-3H3/q+1. The van der Waals surface area contributed by atoms with E-state index in [0.29, 0.717) is 0 Å². The third-order valence-corrected chi connectivity index (χ3v) is 9.10. The average Bonchev–Trinajstić information content (AvgIpc) is 3.35. The fraction of sp³-hybridized carbons (Fsp3) is 0.921.